The Labute approximate surface area is 125 Å². The van der Waals surface area contributed by atoms with Gasteiger partial charge in [0.05, 0.1) is 21.3 Å². The lowest BCUT2D eigenvalue weighted by atomic mass is 10.1. The molecule has 0 aliphatic carbocycles. The van der Waals surface area contributed by atoms with E-state index in [1.807, 2.05) is 0 Å². The normalized spacial score (nSPS) is 10.9. The third-order valence-corrected chi connectivity index (χ3v) is 3.45. The van der Waals surface area contributed by atoms with Crippen LogP contribution in [0.25, 0.3) is 21.9 Å². The first-order chi connectivity index (χ1) is 10.6. The smallest absolute Gasteiger partial charge is 0.208 e. The van der Waals surface area contributed by atoms with Gasteiger partial charge in [0, 0.05) is 12.1 Å². The molecule has 1 heterocycles. The van der Waals surface area contributed by atoms with Crippen LogP contribution in [-0.2, 0) is 0 Å². The molecule has 0 bridgehead atoms. The lowest BCUT2D eigenvalue weighted by molar-refractivity contribution is 0.358. The molecule has 22 heavy (non-hydrogen) atoms. The standard InChI is InChI=1S/C16H14O6/c1-19-10-5-4-9-14(16(10)21-3)15(18)13-11(20-2)6-8(17)7-12(13)22-9/h4-7,17H,1-3H3. The van der Waals surface area contributed by atoms with Crippen LogP contribution >= 0.6 is 0 Å². The molecule has 3 aromatic rings. The first-order valence-electron chi connectivity index (χ1n) is 6.49. The Morgan fingerprint density at radius 1 is 0.909 bits per heavy atom. The monoisotopic (exact) mass is 302 g/mol. The van der Waals surface area contributed by atoms with Crippen molar-refractivity contribution in [2.75, 3.05) is 21.3 Å². The fourth-order valence-corrected chi connectivity index (χ4v) is 2.49. The summed E-state index contributed by atoms with van der Waals surface area (Å²) in [7, 11) is 4.36. The van der Waals surface area contributed by atoms with Crippen molar-refractivity contribution in [3.8, 4) is 23.0 Å². The maximum absolute atomic E-state index is 12.9. The molecular formula is C16H14O6. The lowest BCUT2D eigenvalue weighted by Crippen LogP contribution is -2.06. The van der Waals surface area contributed by atoms with Crippen molar-refractivity contribution in [3.05, 3.63) is 34.5 Å². The van der Waals surface area contributed by atoms with Gasteiger partial charge in [0.25, 0.3) is 0 Å². The minimum Gasteiger partial charge on any atom is -0.508 e. The summed E-state index contributed by atoms with van der Waals surface area (Å²) in [5.74, 6) is 0.910. The number of phenolic OH excluding ortho intramolecular Hbond substituents is 1. The van der Waals surface area contributed by atoms with E-state index in [2.05, 4.69) is 0 Å². The predicted octanol–water partition coefficient (Wildman–Crippen LogP) is 2.68. The number of hydrogen-bond acceptors (Lipinski definition) is 6. The van der Waals surface area contributed by atoms with Gasteiger partial charge >= 0.3 is 0 Å². The lowest BCUT2D eigenvalue weighted by Gasteiger charge is -2.11. The van der Waals surface area contributed by atoms with Crippen LogP contribution in [0.4, 0.5) is 0 Å². The summed E-state index contributed by atoms with van der Waals surface area (Å²) in [6.45, 7) is 0. The van der Waals surface area contributed by atoms with Crippen molar-refractivity contribution < 1.29 is 23.7 Å². The molecule has 114 valence electrons. The van der Waals surface area contributed by atoms with Crippen molar-refractivity contribution in [2.45, 2.75) is 0 Å². The van der Waals surface area contributed by atoms with Crippen molar-refractivity contribution in [1.82, 2.24) is 0 Å². The average Bonchev–Trinajstić information content (AvgIpc) is 2.52. The first-order valence-corrected chi connectivity index (χ1v) is 6.49. The molecule has 6 nitrogen and oxygen atoms in total. The van der Waals surface area contributed by atoms with Gasteiger partial charge in [-0.3, -0.25) is 4.79 Å². The van der Waals surface area contributed by atoms with Gasteiger partial charge < -0.3 is 23.7 Å². The molecule has 0 spiro atoms. The molecule has 0 aliphatic rings. The molecule has 0 amide bonds. The summed E-state index contributed by atoms with van der Waals surface area (Å²) in [6, 6.07) is 6.00. The Morgan fingerprint density at radius 2 is 1.64 bits per heavy atom. The second-order valence-corrected chi connectivity index (χ2v) is 4.63. The molecule has 3 rings (SSSR count). The summed E-state index contributed by atoms with van der Waals surface area (Å²) in [5, 5.41) is 10.2. The third-order valence-electron chi connectivity index (χ3n) is 3.45. The number of aromatic hydroxyl groups is 1. The van der Waals surface area contributed by atoms with Crippen molar-refractivity contribution in [2.24, 2.45) is 0 Å². The second-order valence-electron chi connectivity index (χ2n) is 4.63. The van der Waals surface area contributed by atoms with Gasteiger partial charge in [-0.15, -0.1) is 0 Å². The van der Waals surface area contributed by atoms with Crippen LogP contribution < -0.4 is 19.6 Å². The zero-order valence-corrected chi connectivity index (χ0v) is 12.3. The van der Waals surface area contributed by atoms with E-state index in [-0.39, 0.29) is 33.3 Å². The Balaban J connectivity index is 2.57. The molecule has 0 unspecified atom stereocenters. The van der Waals surface area contributed by atoms with Crippen LogP contribution in [0, 0.1) is 0 Å². The zero-order chi connectivity index (χ0) is 15.9. The maximum Gasteiger partial charge on any atom is 0.208 e. The molecular weight excluding hydrogens is 288 g/mol. The summed E-state index contributed by atoms with van der Waals surface area (Å²) < 4.78 is 21.4. The molecule has 0 aliphatic heterocycles. The molecule has 0 fully saturated rings. The third kappa shape index (κ3) is 1.92. The Bertz CT molecular complexity index is 925. The molecule has 0 saturated heterocycles. The highest BCUT2D eigenvalue weighted by Crippen LogP contribution is 2.37. The number of methoxy groups -OCH3 is 3. The Hall–Kier alpha value is -2.89. The number of phenols is 1. The van der Waals surface area contributed by atoms with Crippen LogP contribution in [0.5, 0.6) is 23.0 Å². The molecule has 0 saturated carbocycles. The van der Waals surface area contributed by atoms with E-state index in [4.69, 9.17) is 18.6 Å². The Kier molecular flexibility index (Phi) is 3.29. The van der Waals surface area contributed by atoms with E-state index in [1.165, 1.54) is 33.5 Å². The SMILES string of the molecule is COc1ccc2oc3cc(O)cc(OC)c3c(=O)c2c1OC. The molecule has 6 heteroatoms. The number of benzene rings is 2. The first kappa shape index (κ1) is 14.1. The van der Waals surface area contributed by atoms with Crippen molar-refractivity contribution >= 4 is 21.9 Å². The van der Waals surface area contributed by atoms with Gasteiger partial charge in [-0.05, 0) is 12.1 Å². The van der Waals surface area contributed by atoms with Crippen molar-refractivity contribution in [1.29, 1.82) is 0 Å². The summed E-state index contributed by atoms with van der Waals surface area (Å²) >= 11 is 0. The van der Waals surface area contributed by atoms with E-state index in [9.17, 15) is 9.90 Å². The van der Waals surface area contributed by atoms with E-state index < -0.39 is 0 Å². The van der Waals surface area contributed by atoms with Gasteiger partial charge in [-0.1, -0.05) is 0 Å². The Morgan fingerprint density at radius 3 is 2.27 bits per heavy atom. The summed E-state index contributed by atoms with van der Waals surface area (Å²) in [4.78, 5) is 12.9. The number of ether oxygens (including phenoxy) is 3. The van der Waals surface area contributed by atoms with E-state index in [0.717, 1.165) is 0 Å². The molecule has 2 aromatic carbocycles. The average molecular weight is 302 g/mol. The minimum atomic E-state index is -0.316. The van der Waals surface area contributed by atoms with Gasteiger partial charge in [0.2, 0.25) is 5.43 Å². The maximum atomic E-state index is 12.9. The highest BCUT2D eigenvalue weighted by molar-refractivity contribution is 5.97. The fourth-order valence-electron chi connectivity index (χ4n) is 2.49. The highest BCUT2D eigenvalue weighted by atomic mass is 16.5. The van der Waals surface area contributed by atoms with Crippen LogP contribution in [0.2, 0.25) is 0 Å². The van der Waals surface area contributed by atoms with Gasteiger partial charge in [0.1, 0.15) is 33.4 Å². The van der Waals surface area contributed by atoms with Crippen LogP contribution in [0.15, 0.2) is 33.5 Å². The van der Waals surface area contributed by atoms with Crippen LogP contribution in [0.3, 0.4) is 0 Å². The predicted molar refractivity (Wildman–Crippen MR) is 81.3 cm³/mol. The number of hydrogen-bond donors (Lipinski definition) is 1. The molecule has 0 atom stereocenters. The second kappa shape index (κ2) is 5.14. The quantitative estimate of drug-likeness (QED) is 0.749. The number of rotatable bonds is 3. The van der Waals surface area contributed by atoms with Gasteiger partial charge in [-0.2, -0.15) is 0 Å². The van der Waals surface area contributed by atoms with E-state index >= 15 is 0 Å². The van der Waals surface area contributed by atoms with E-state index in [0.29, 0.717) is 17.1 Å². The molecule has 0 radical (unpaired) electrons. The summed E-state index contributed by atoms with van der Waals surface area (Å²) in [5.41, 5.74) is 0.258. The largest absolute Gasteiger partial charge is 0.508 e. The van der Waals surface area contributed by atoms with E-state index in [1.54, 1.807) is 12.1 Å². The molecule has 1 N–H and O–H groups in total. The topological polar surface area (TPSA) is 78.1 Å². The van der Waals surface area contributed by atoms with Crippen LogP contribution in [-0.4, -0.2) is 26.4 Å². The molecule has 1 aromatic heterocycles. The van der Waals surface area contributed by atoms with Crippen LogP contribution in [0.1, 0.15) is 0 Å². The van der Waals surface area contributed by atoms with Gasteiger partial charge in [-0.25, -0.2) is 0 Å². The minimum absolute atomic E-state index is 0.0488. The fraction of sp³-hybridized carbons (Fsp3) is 0.188. The van der Waals surface area contributed by atoms with Gasteiger partial charge in [0.15, 0.2) is 11.5 Å². The zero-order valence-electron chi connectivity index (χ0n) is 12.3. The highest BCUT2D eigenvalue weighted by Gasteiger charge is 2.19. The summed E-state index contributed by atoms with van der Waals surface area (Å²) in [6.07, 6.45) is 0. The van der Waals surface area contributed by atoms with Crippen molar-refractivity contribution in [3.63, 3.8) is 0 Å². The number of fused-ring (bicyclic) bond motifs is 2.